The first-order valence-corrected chi connectivity index (χ1v) is 5.41. The molecule has 0 aliphatic carbocycles. The molecule has 2 N–H and O–H groups in total. The maximum atomic E-state index is 13.6. The van der Waals surface area contributed by atoms with Crippen LogP contribution in [0.2, 0.25) is 5.02 Å². The standard InChI is InChI=1S/C13H8ClFN2O/c14-9-2-1-3-11(13(9)15)18-12-6-8(7-16)4-5-10(12)17/h1-6H,17H2. The van der Waals surface area contributed by atoms with E-state index in [2.05, 4.69) is 0 Å². The molecular weight excluding hydrogens is 255 g/mol. The summed E-state index contributed by atoms with van der Waals surface area (Å²) >= 11 is 5.64. The molecule has 90 valence electrons. The minimum Gasteiger partial charge on any atom is -0.452 e. The van der Waals surface area contributed by atoms with Gasteiger partial charge in [-0.2, -0.15) is 5.26 Å². The molecule has 0 spiro atoms. The van der Waals surface area contributed by atoms with E-state index in [0.717, 1.165) is 0 Å². The Morgan fingerprint density at radius 2 is 2.00 bits per heavy atom. The molecule has 5 heteroatoms. The number of benzene rings is 2. The molecule has 0 amide bonds. The lowest BCUT2D eigenvalue weighted by atomic mass is 10.2. The van der Waals surface area contributed by atoms with Gasteiger partial charge in [-0.15, -0.1) is 0 Å². The zero-order valence-electron chi connectivity index (χ0n) is 9.15. The molecule has 0 heterocycles. The Bertz CT molecular complexity index is 637. The molecule has 0 saturated heterocycles. The fourth-order valence-corrected chi connectivity index (χ4v) is 1.54. The van der Waals surface area contributed by atoms with Crippen molar-refractivity contribution in [1.29, 1.82) is 5.26 Å². The zero-order chi connectivity index (χ0) is 13.1. The lowest BCUT2D eigenvalue weighted by molar-refractivity contribution is 0.444. The Labute approximate surface area is 108 Å². The van der Waals surface area contributed by atoms with Gasteiger partial charge in [0.2, 0.25) is 0 Å². The van der Waals surface area contributed by atoms with E-state index >= 15 is 0 Å². The summed E-state index contributed by atoms with van der Waals surface area (Å²) in [6.07, 6.45) is 0. The second-order valence-electron chi connectivity index (χ2n) is 3.52. The van der Waals surface area contributed by atoms with Gasteiger partial charge in [0.25, 0.3) is 0 Å². The van der Waals surface area contributed by atoms with Crippen LogP contribution in [0.15, 0.2) is 36.4 Å². The van der Waals surface area contributed by atoms with Crippen molar-refractivity contribution in [2.24, 2.45) is 0 Å². The molecule has 0 atom stereocenters. The Hall–Kier alpha value is -2.25. The van der Waals surface area contributed by atoms with Gasteiger partial charge >= 0.3 is 0 Å². The van der Waals surface area contributed by atoms with Crippen LogP contribution in [0.3, 0.4) is 0 Å². The molecule has 2 rings (SSSR count). The molecule has 0 aromatic heterocycles. The van der Waals surface area contributed by atoms with Crippen molar-refractivity contribution < 1.29 is 9.13 Å². The maximum absolute atomic E-state index is 13.6. The first kappa shape index (κ1) is 12.2. The second-order valence-corrected chi connectivity index (χ2v) is 3.93. The van der Waals surface area contributed by atoms with Crippen LogP contribution in [0, 0.1) is 17.1 Å². The van der Waals surface area contributed by atoms with Gasteiger partial charge < -0.3 is 10.5 Å². The Balaban J connectivity index is 2.40. The molecular formula is C13H8ClFN2O. The van der Waals surface area contributed by atoms with E-state index in [1.54, 1.807) is 12.1 Å². The summed E-state index contributed by atoms with van der Waals surface area (Å²) in [6.45, 7) is 0. The van der Waals surface area contributed by atoms with Crippen molar-refractivity contribution in [3.63, 3.8) is 0 Å². The Morgan fingerprint density at radius 1 is 1.22 bits per heavy atom. The fourth-order valence-electron chi connectivity index (χ4n) is 1.37. The third-order valence-electron chi connectivity index (χ3n) is 2.28. The number of rotatable bonds is 2. The molecule has 18 heavy (non-hydrogen) atoms. The van der Waals surface area contributed by atoms with Crippen LogP contribution >= 0.6 is 11.6 Å². The average Bonchev–Trinajstić information content (AvgIpc) is 2.37. The minimum atomic E-state index is -0.666. The lowest BCUT2D eigenvalue weighted by Gasteiger charge is -2.09. The topological polar surface area (TPSA) is 59.0 Å². The predicted octanol–water partition coefficient (Wildman–Crippen LogP) is 3.73. The number of nitrogens with two attached hydrogens (primary N) is 1. The molecule has 3 nitrogen and oxygen atoms in total. The summed E-state index contributed by atoms with van der Waals surface area (Å²) in [4.78, 5) is 0. The maximum Gasteiger partial charge on any atom is 0.184 e. The molecule has 2 aromatic rings. The summed E-state index contributed by atoms with van der Waals surface area (Å²) in [5.41, 5.74) is 6.38. The number of hydrogen-bond acceptors (Lipinski definition) is 3. The number of nitriles is 1. The van der Waals surface area contributed by atoms with Crippen LogP contribution in [0.4, 0.5) is 10.1 Å². The molecule has 0 bridgehead atoms. The highest BCUT2D eigenvalue weighted by Gasteiger charge is 2.10. The van der Waals surface area contributed by atoms with E-state index in [9.17, 15) is 4.39 Å². The van der Waals surface area contributed by atoms with Gasteiger partial charge in [-0.25, -0.2) is 4.39 Å². The first-order valence-electron chi connectivity index (χ1n) is 5.03. The summed E-state index contributed by atoms with van der Waals surface area (Å²) in [5, 5.41) is 8.74. The summed E-state index contributed by atoms with van der Waals surface area (Å²) in [6, 6.07) is 10.9. The number of hydrogen-bond donors (Lipinski definition) is 1. The monoisotopic (exact) mass is 262 g/mol. The SMILES string of the molecule is N#Cc1ccc(N)c(Oc2cccc(Cl)c2F)c1. The first-order chi connectivity index (χ1) is 8.61. The highest BCUT2D eigenvalue weighted by Crippen LogP contribution is 2.32. The molecule has 2 aromatic carbocycles. The van der Waals surface area contributed by atoms with Gasteiger partial charge in [0.1, 0.15) is 0 Å². The third-order valence-corrected chi connectivity index (χ3v) is 2.57. The largest absolute Gasteiger partial charge is 0.452 e. The van der Waals surface area contributed by atoms with E-state index in [1.807, 2.05) is 6.07 Å². The molecule has 0 fully saturated rings. The van der Waals surface area contributed by atoms with Gasteiger partial charge in [0, 0.05) is 6.07 Å². The van der Waals surface area contributed by atoms with Crippen LogP contribution in [-0.4, -0.2) is 0 Å². The number of halogens is 2. The fraction of sp³-hybridized carbons (Fsp3) is 0. The van der Waals surface area contributed by atoms with E-state index in [1.165, 1.54) is 24.3 Å². The van der Waals surface area contributed by atoms with Crippen LogP contribution in [0.1, 0.15) is 5.56 Å². The highest BCUT2D eigenvalue weighted by atomic mass is 35.5. The molecule has 0 unspecified atom stereocenters. The minimum absolute atomic E-state index is 0.0377. The van der Waals surface area contributed by atoms with Gasteiger partial charge in [0.05, 0.1) is 22.3 Å². The summed E-state index contributed by atoms with van der Waals surface area (Å²) < 4.78 is 19.0. The van der Waals surface area contributed by atoms with Crippen LogP contribution in [0.5, 0.6) is 11.5 Å². The summed E-state index contributed by atoms with van der Waals surface area (Å²) in [5.74, 6) is -0.486. The second kappa shape index (κ2) is 4.94. The van der Waals surface area contributed by atoms with Crippen LogP contribution < -0.4 is 10.5 Å². The number of nitrogen functional groups attached to an aromatic ring is 1. The van der Waals surface area contributed by atoms with Gasteiger partial charge in [-0.05, 0) is 24.3 Å². The zero-order valence-corrected chi connectivity index (χ0v) is 9.91. The molecule has 0 aliphatic heterocycles. The third kappa shape index (κ3) is 2.36. The highest BCUT2D eigenvalue weighted by molar-refractivity contribution is 6.30. The molecule has 0 aliphatic rings. The van der Waals surface area contributed by atoms with E-state index in [-0.39, 0.29) is 16.5 Å². The smallest absolute Gasteiger partial charge is 0.184 e. The number of nitrogens with zero attached hydrogens (tertiary/aromatic N) is 1. The van der Waals surface area contributed by atoms with E-state index in [0.29, 0.717) is 11.3 Å². The average molecular weight is 263 g/mol. The van der Waals surface area contributed by atoms with Crippen molar-refractivity contribution in [3.05, 3.63) is 52.8 Å². The van der Waals surface area contributed by atoms with Crippen LogP contribution in [-0.2, 0) is 0 Å². The van der Waals surface area contributed by atoms with Crippen molar-refractivity contribution in [3.8, 4) is 17.6 Å². The number of ether oxygens (including phenoxy) is 1. The summed E-state index contributed by atoms with van der Waals surface area (Å²) in [7, 11) is 0. The van der Waals surface area contributed by atoms with Crippen molar-refractivity contribution >= 4 is 17.3 Å². The van der Waals surface area contributed by atoms with Crippen molar-refractivity contribution in [2.75, 3.05) is 5.73 Å². The molecule has 0 radical (unpaired) electrons. The normalized spacial score (nSPS) is 9.83. The van der Waals surface area contributed by atoms with Gasteiger partial charge in [0.15, 0.2) is 17.3 Å². The van der Waals surface area contributed by atoms with E-state index < -0.39 is 5.82 Å². The quantitative estimate of drug-likeness (QED) is 0.839. The van der Waals surface area contributed by atoms with Gasteiger partial charge in [-0.1, -0.05) is 17.7 Å². The van der Waals surface area contributed by atoms with Crippen LogP contribution in [0.25, 0.3) is 0 Å². The predicted molar refractivity (Wildman–Crippen MR) is 67.1 cm³/mol. The van der Waals surface area contributed by atoms with Gasteiger partial charge in [-0.3, -0.25) is 0 Å². The lowest BCUT2D eigenvalue weighted by Crippen LogP contribution is -1.94. The van der Waals surface area contributed by atoms with E-state index in [4.69, 9.17) is 27.3 Å². The Morgan fingerprint density at radius 3 is 2.72 bits per heavy atom. The number of anilines is 1. The Kier molecular flexibility index (Phi) is 3.35. The molecule has 0 saturated carbocycles. The van der Waals surface area contributed by atoms with Crippen molar-refractivity contribution in [1.82, 2.24) is 0 Å². The van der Waals surface area contributed by atoms with Crippen molar-refractivity contribution in [2.45, 2.75) is 0 Å².